The van der Waals surface area contributed by atoms with Gasteiger partial charge < -0.3 is 11.1 Å². The van der Waals surface area contributed by atoms with Crippen molar-refractivity contribution < 1.29 is 9.18 Å². The van der Waals surface area contributed by atoms with E-state index >= 15 is 0 Å². The van der Waals surface area contributed by atoms with Crippen LogP contribution in [-0.4, -0.2) is 10.9 Å². The van der Waals surface area contributed by atoms with E-state index in [2.05, 4.69) is 10.3 Å². The molecule has 1 heterocycles. The third-order valence-electron chi connectivity index (χ3n) is 2.42. The first-order valence-corrected chi connectivity index (χ1v) is 5.81. The number of halogens is 2. The quantitative estimate of drug-likeness (QED) is 0.832. The Morgan fingerprint density at radius 2 is 2.15 bits per heavy atom. The zero-order valence-corrected chi connectivity index (χ0v) is 10.8. The number of pyridine rings is 1. The van der Waals surface area contributed by atoms with Gasteiger partial charge in [0.1, 0.15) is 16.8 Å². The first-order chi connectivity index (χ1) is 9.49. The highest BCUT2D eigenvalue weighted by molar-refractivity contribution is 6.30. The lowest BCUT2D eigenvalue weighted by molar-refractivity contribution is 0.102. The number of benzene rings is 1. The first kappa shape index (κ1) is 13.8. The Morgan fingerprint density at radius 1 is 1.40 bits per heavy atom. The molecule has 2 rings (SSSR count). The average Bonchev–Trinajstić information content (AvgIpc) is 2.39. The van der Waals surface area contributed by atoms with Gasteiger partial charge in [-0.25, -0.2) is 9.37 Å². The van der Waals surface area contributed by atoms with Gasteiger partial charge >= 0.3 is 0 Å². The minimum Gasteiger partial charge on any atom is -0.384 e. The van der Waals surface area contributed by atoms with Crippen LogP contribution in [0.15, 0.2) is 30.3 Å². The molecule has 100 valence electrons. The number of nitrogens with one attached hydrogen (secondary N) is 1. The van der Waals surface area contributed by atoms with Gasteiger partial charge in [0, 0.05) is 5.56 Å². The number of carbonyl (C=O) groups excluding carboxylic acids is 1. The van der Waals surface area contributed by atoms with Crippen molar-refractivity contribution in [1.29, 1.82) is 5.26 Å². The molecule has 1 amide bonds. The number of aromatic nitrogens is 1. The Labute approximate surface area is 118 Å². The second-order valence-electron chi connectivity index (χ2n) is 3.86. The van der Waals surface area contributed by atoms with Crippen molar-refractivity contribution in [2.75, 3.05) is 11.1 Å². The number of anilines is 2. The Balaban J connectivity index is 2.26. The van der Waals surface area contributed by atoms with Crippen LogP contribution < -0.4 is 11.1 Å². The van der Waals surface area contributed by atoms with E-state index in [0.717, 1.165) is 6.07 Å². The van der Waals surface area contributed by atoms with Crippen LogP contribution in [0, 0.1) is 17.1 Å². The number of amides is 1. The number of nitrogens with two attached hydrogens (primary N) is 1. The molecule has 20 heavy (non-hydrogen) atoms. The monoisotopic (exact) mass is 290 g/mol. The molecule has 0 saturated heterocycles. The van der Waals surface area contributed by atoms with Gasteiger partial charge in [0.15, 0.2) is 0 Å². The Kier molecular flexibility index (Phi) is 3.82. The van der Waals surface area contributed by atoms with Gasteiger partial charge in [0.2, 0.25) is 0 Å². The second-order valence-corrected chi connectivity index (χ2v) is 4.25. The van der Waals surface area contributed by atoms with E-state index in [4.69, 9.17) is 22.6 Å². The summed E-state index contributed by atoms with van der Waals surface area (Å²) in [6, 6.07) is 8.17. The standard InChI is InChI=1S/C13H8ClFN4O/c14-11-4-8(5-12(17)19-11)13(20)18-10-2-1-7(6-16)3-9(10)15/h1-5H,(H2,17,19)(H,18,20). The van der Waals surface area contributed by atoms with E-state index in [1.54, 1.807) is 6.07 Å². The summed E-state index contributed by atoms with van der Waals surface area (Å²) in [4.78, 5) is 15.7. The maximum atomic E-state index is 13.6. The van der Waals surface area contributed by atoms with Crippen LogP contribution in [0.1, 0.15) is 15.9 Å². The molecule has 0 saturated carbocycles. The molecule has 0 aliphatic heterocycles. The topological polar surface area (TPSA) is 91.8 Å². The zero-order chi connectivity index (χ0) is 14.7. The normalized spacial score (nSPS) is 9.85. The lowest BCUT2D eigenvalue weighted by atomic mass is 10.2. The molecule has 7 heteroatoms. The predicted molar refractivity (Wildman–Crippen MR) is 72.7 cm³/mol. The summed E-state index contributed by atoms with van der Waals surface area (Å²) >= 11 is 5.69. The molecule has 3 N–H and O–H groups in total. The SMILES string of the molecule is N#Cc1ccc(NC(=O)c2cc(N)nc(Cl)c2)c(F)c1. The number of nitrogen functional groups attached to an aromatic ring is 1. The predicted octanol–water partition coefficient (Wildman–Crippen LogP) is 2.58. The van der Waals surface area contributed by atoms with Gasteiger partial charge in [0.25, 0.3) is 5.91 Å². The van der Waals surface area contributed by atoms with Crippen molar-refractivity contribution in [3.8, 4) is 6.07 Å². The highest BCUT2D eigenvalue weighted by Gasteiger charge is 2.11. The zero-order valence-electron chi connectivity index (χ0n) is 10.0. The highest BCUT2D eigenvalue weighted by atomic mass is 35.5. The largest absolute Gasteiger partial charge is 0.384 e. The number of nitriles is 1. The van der Waals surface area contributed by atoms with Crippen LogP contribution in [0.4, 0.5) is 15.9 Å². The van der Waals surface area contributed by atoms with Crippen LogP contribution in [0.5, 0.6) is 0 Å². The summed E-state index contributed by atoms with van der Waals surface area (Å²) in [6.45, 7) is 0. The minimum absolute atomic E-state index is 0.0412. The summed E-state index contributed by atoms with van der Waals surface area (Å²) in [7, 11) is 0. The van der Waals surface area contributed by atoms with Crippen LogP contribution in [0.2, 0.25) is 5.15 Å². The van der Waals surface area contributed by atoms with Gasteiger partial charge in [-0.3, -0.25) is 4.79 Å². The van der Waals surface area contributed by atoms with E-state index in [1.807, 2.05) is 0 Å². The van der Waals surface area contributed by atoms with Crippen LogP contribution in [0.25, 0.3) is 0 Å². The van der Waals surface area contributed by atoms with E-state index in [9.17, 15) is 9.18 Å². The van der Waals surface area contributed by atoms with Gasteiger partial charge in [-0.05, 0) is 30.3 Å². The minimum atomic E-state index is -0.703. The Bertz CT molecular complexity index is 707. The highest BCUT2D eigenvalue weighted by Crippen LogP contribution is 2.18. The number of hydrogen-bond acceptors (Lipinski definition) is 4. The van der Waals surface area contributed by atoms with Crippen molar-refractivity contribution >= 4 is 29.0 Å². The van der Waals surface area contributed by atoms with Crippen LogP contribution in [0.3, 0.4) is 0 Å². The van der Waals surface area contributed by atoms with E-state index in [0.29, 0.717) is 0 Å². The maximum Gasteiger partial charge on any atom is 0.255 e. The molecule has 0 spiro atoms. The number of nitrogens with zero attached hydrogens (tertiary/aromatic N) is 2. The molecule has 0 aliphatic rings. The van der Waals surface area contributed by atoms with Crippen molar-refractivity contribution in [2.45, 2.75) is 0 Å². The summed E-state index contributed by atoms with van der Waals surface area (Å²) in [5, 5.41) is 11.1. The van der Waals surface area contributed by atoms with Crippen molar-refractivity contribution in [3.05, 3.63) is 52.4 Å². The molecule has 1 aromatic carbocycles. The Hall–Kier alpha value is -2.65. The molecule has 5 nitrogen and oxygen atoms in total. The lowest BCUT2D eigenvalue weighted by Crippen LogP contribution is -2.13. The van der Waals surface area contributed by atoms with Crippen molar-refractivity contribution in [1.82, 2.24) is 4.98 Å². The van der Waals surface area contributed by atoms with Gasteiger partial charge in [-0.2, -0.15) is 5.26 Å². The van der Waals surface area contributed by atoms with Crippen molar-refractivity contribution in [3.63, 3.8) is 0 Å². The number of carbonyl (C=O) groups is 1. The number of hydrogen-bond donors (Lipinski definition) is 2. The van der Waals surface area contributed by atoms with E-state index in [-0.39, 0.29) is 27.8 Å². The van der Waals surface area contributed by atoms with Crippen LogP contribution >= 0.6 is 11.6 Å². The second kappa shape index (κ2) is 5.55. The summed E-state index contributed by atoms with van der Waals surface area (Å²) in [6.07, 6.45) is 0. The molecule has 0 radical (unpaired) electrons. The van der Waals surface area contributed by atoms with Crippen molar-refractivity contribution in [2.24, 2.45) is 0 Å². The fourth-order valence-corrected chi connectivity index (χ4v) is 1.74. The molecule has 0 bridgehead atoms. The lowest BCUT2D eigenvalue weighted by Gasteiger charge is -2.07. The summed E-state index contributed by atoms with van der Waals surface area (Å²) in [5.41, 5.74) is 5.75. The summed E-state index contributed by atoms with van der Waals surface area (Å²) in [5.74, 6) is -1.20. The third kappa shape index (κ3) is 3.02. The van der Waals surface area contributed by atoms with Crippen LogP contribution in [-0.2, 0) is 0 Å². The molecular weight excluding hydrogens is 283 g/mol. The maximum absolute atomic E-state index is 13.6. The molecule has 0 fully saturated rings. The molecule has 0 atom stereocenters. The van der Waals surface area contributed by atoms with Gasteiger partial charge in [0.05, 0.1) is 17.3 Å². The molecule has 2 aromatic rings. The third-order valence-corrected chi connectivity index (χ3v) is 2.62. The van der Waals surface area contributed by atoms with Gasteiger partial charge in [-0.1, -0.05) is 11.6 Å². The molecule has 0 aliphatic carbocycles. The molecule has 1 aromatic heterocycles. The molecular formula is C13H8ClFN4O. The fraction of sp³-hybridized carbons (Fsp3) is 0. The molecule has 0 unspecified atom stereocenters. The Morgan fingerprint density at radius 3 is 2.75 bits per heavy atom. The first-order valence-electron chi connectivity index (χ1n) is 5.43. The number of rotatable bonds is 2. The van der Waals surface area contributed by atoms with E-state index < -0.39 is 11.7 Å². The van der Waals surface area contributed by atoms with Gasteiger partial charge in [-0.15, -0.1) is 0 Å². The smallest absolute Gasteiger partial charge is 0.255 e. The fourth-order valence-electron chi connectivity index (χ4n) is 1.53. The average molecular weight is 291 g/mol. The summed E-state index contributed by atoms with van der Waals surface area (Å²) < 4.78 is 13.6. The van der Waals surface area contributed by atoms with E-state index in [1.165, 1.54) is 24.3 Å².